The van der Waals surface area contributed by atoms with Crippen LogP contribution in [0.3, 0.4) is 0 Å². The van der Waals surface area contributed by atoms with E-state index in [-0.39, 0.29) is 6.61 Å². The number of aromatic nitrogens is 1. The fourth-order valence-corrected chi connectivity index (χ4v) is 2.93. The van der Waals surface area contributed by atoms with E-state index >= 15 is 0 Å². The number of hydrogen-bond donors (Lipinski definition) is 1. The van der Waals surface area contributed by atoms with E-state index in [0.29, 0.717) is 6.42 Å². The van der Waals surface area contributed by atoms with Gasteiger partial charge in [-0.05, 0) is 32.2 Å². The van der Waals surface area contributed by atoms with Gasteiger partial charge in [0.05, 0.1) is 12.3 Å². The quantitative estimate of drug-likeness (QED) is 0.863. The number of aliphatic hydroxyl groups excluding tert-OH is 1. The van der Waals surface area contributed by atoms with Gasteiger partial charge in [0.2, 0.25) is 0 Å². The highest BCUT2D eigenvalue weighted by atomic mass is 32.1. The zero-order valence-corrected chi connectivity index (χ0v) is 13.3. The Morgan fingerprint density at radius 3 is 2.95 bits per heavy atom. The summed E-state index contributed by atoms with van der Waals surface area (Å²) in [6.45, 7) is 3.86. The van der Waals surface area contributed by atoms with Crippen molar-refractivity contribution in [2.24, 2.45) is 0 Å². The molecule has 4 heteroatoms. The number of hydrogen-bond acceptors (Lipinski definition) is 4. The number of rotatable bonds is 5. The summed E-state index contributed by atoms with van der Waals surface area (Å²) in [6, 6.07) is 8.24. The monoisotopic (exact) mass is 300 g/mol. The highest BCUT2D eigenvalue weighted by molar-refractivity contribution is 7.10. The lowest BCUT2D eigenvalue weighted by Crippen LogP contribution is -2.17. The Morgan fingerprint density at radius 2 is 2.19 bits per heavy atom. The van der Waals surface area contributed by atoms with Crippen molar-refractivity contribution in [3.8, 4) is 11.8 Å². The van der Waals surface area contributed by atoms with Crippen molar-refractivity contribution >= 4 is 11.3 Å². The normalized spacial score (nSPS) is 10.5. The molecule has 0 spiro atoms. The van der Waals surface area contributed by atoms with E-state index in [4.69, 9.17) is 5.11 Å². The minimum Gasteiger partial charge on any atom is -0.395 e. The molecule has 1 N–H and O–H groups in total. The Bertz CT molecular complexity index is 639. The van der Waals surface area contributed by atoms with Crippen molar-refractivity contribution in [2.75, 3.05) is 13.7 Å². The lowest BCUT2D eigenvalue weighted by atomic mass is 10.2. The van der Waals surface area contributed by atoms with Crippen LogP contribution in [0.2, 0.25) is 0 Å². The highest BCUT2D eigenvalue weighted by Gasteiger charge is 2.05. The van der Waals surface area contributed by atoms with Crippen molar-refractivity contribution in [1.82, 2.24) is 9.88 Å². The molecule has 2 aromatic rings. The number of nitrogens with zero attached hydrogens (tertiary/aromatic N) is 2. The summed E-state index contributed by atoms with van der Waals surface area (Å²) >= 11 is 1.72. The van der Waals surface area contributed by atoms with Crippen LogP contribution in [0.25, 0.3) is 0 Å². The van der Waals surface area contributed by atoms with Gasteiger partial charge >= 0.3 is 0 Å². The zero-order chi connectivity index (χ0) is 15.1. The Labute approximate surface area is 130 Å². The zero-order valence-electron chi connectivity index (χ0n) is 12.5. The van der Waals surface area contributed by atoms with Gasteiger partial charge in [0, 0.05) is 41.0 Å². The lowest BCUT2D eigenvalue weighted by molar-refractivity contribution is 0.305. The average Bonchev–Trinajstić information content (AvgIpc) is 2.86. The van der Waals surface area contributed by atoms with Crippen LogP contribution in [-0.2, 0) is 13.1 Å². The molecule has 2 heterocycles. The molecule has 0 radical (unpaired) electrons. The molecule has 2 rings (SSSR count). The largest absolute Gasteiger partial charge is 0.395 e. The second-order valence-electron chi connectivity index (χ2n) is 5.02. The summed E-state index contributed by atoms with van der Waals surface area (Å²) < 4.78 is 0. The van der Waals surface area contributed by atoms with Crippen LogP contribution in [0.5, 0.6) is 0 Å². The first-order valence-corrected chi connectivity index (χ1v) is 7.83. The van der Waals surface area contributed by atoms with E-state index in [1.54, 1.807) is 11.3 Å². The van der Waals surface area contributed by atoms with Crippen molar-refractivity contribution in [3.63, 3.8) is 0 Å². The Hall–Kier alpha value is -1.67. The van der Waals surface area contributed by atoms with Crippen LogP contribution < -0.4 is 0 Å². The summed E-state index contributed by atoms with van der Waals surface area (Å²) in [4.78, 5) is 8.06. The molecule has 0 aliphatic heterocycles. The molecule has 0 aliphatic rings. The van der Waals surface area contributed by atoms with Crippen LogP contribution in [0, 0.1) is 18.8 Å². The van der Waals surface area contributed by atoms with Crippen LogP contribution in [-0.4, -0.2) is 28.6 Å². The highest BCUT2D eigenvalue weighted by Crippen LogP contribution is 2.16. The topological polar surface area (TPSA) is 36.4 Å². The van der Waals surface area contributed by atoms with Crippen LogP contribution in [0.4, 0.5) is 0 Å². The molecule has 3 nitrogen and oxygen atoms in total. The number of aryl methyl sites for hydroxylation is 1. The second-order valence-corrected chi connectivity index (χ2v) is 6.02. The molecular formula is C17H20N2OS. The minimum atomic E-state index is 0.121. The van der Waals surface area contributed by atoms with Gasteiger partial charge in [-0.2, -0.15) is 0 Å². The van der Waals surface area contributed by atoms with E-state index in [9.17, 15) is 0 Å². The third-order valence-electron chi connectivity index (χ3n) is 2.93. The average molecular weight is 300 g/mol. The Balaban J connectivity index is 1.91. The Kier molecular flexibility index (Phi) is 5.94. The van der Waals surface area contributed by atoms with Gasteiger partial charge in [-0.25, -0.2) is 0 Å². The molecule has 0 saturated carbocycles. The van der Waals surface area contributed by atoms with Gasteiger partial charge in [0.15, 0.2) is 0 Å². The molecule has 0 atom stereocenters. The molecule has 0 fully saturated rings. The van der Waals surface area contributed by atoms with Crippen LogP contribution in [0.1, 0.15) is 28.2 Å². The maximum absolute atomic E-state index is 8.72. The smallest absolute Gasteiger partial charge is 0.0547 e. The minimum absolute atomic E-state index is 0.121. The number of thiophene rings is 1. The molecule has 0 unspecified atom stereocenters. The fraction of sp³-hybridized carbons (Fsp3) is 0.353. The summed E-state index contributed by atoms with van der Waals surface area (Å²) in [7, 11) is 2.10. The van der Waals surface area contributed by atoms with Crippen LogP contribution >= 0.6 is 11.3 Å². The van der Waals surface area contributed by atoms with Gasteiger partial charge in [0.1, 0.15) is 0 Å². The van der Waals surface area contributed by atoms with Crippen molar-refractivity contribution in [3.05, 3.63) is 51.5 Å². The lowest BCUT2D eigenvalue weighted by Gasteiger charge is -2.15. The van der Waals surface area contributed by atoms with Crippen molar-refractivity contribution < 1.29 is 5.11 Å². The predicted octanol–water partition coefficient (Wildman–Crippen LogP) is 2.82. The summed E-state index contributed by atoms with van der Waals surface area (Å²) in [5.74, 6) is 6.01. The molecule has 0 aliphatic carbocycles. The summed E-state index contributed by atoms with van der Waals surface area (Å²) in [6.07, 6.45) is 0.532. The molecule has 110 valence electrons. The molecule has 2 aromatic heterocycles. The summed E-state index contributed by atoms with van der Waals surface area (Å²) in [5.41, 5.74) is 3.18. The second kappa shape index (κ2) is 7.94. The van der Waals surface area contributed by atoms with E-state index in [1.807, 2.05) is 19.1 Å². The SMILES string of the molecule is Cc1cccc(CN(C)Cc2cc(C#CCCO)cs2)n1. The maximum atomic E-state index is 8.72. The standard InChI is InChI=1S/C17H20N2OS/c1-14-6-5-8-16(18-14)11-19(2)12-17-10-15(13-21-17)7-3-4-9-20/h5-6,8,10,13,20H,4,9,11-12H2,1-2H3. The van der Waals surface area contributed by atoms with Crippen molar-refractivity contribution in [1.29, 1.82) is 0 Å². The van der Waals surface area contributed by atoms with E-state index < -0.39 is 0 Å². The molecule has 0 amide bonds. The first kappa shape index (κ1) is 15.7. The molecular weight excluding hydrogens is 280 g/mol. The predicted molar refractivity (Wildman–Crippen MR) is 87.0 cm³/mol. The number of pyridine rings is 1. The van der Waals surface area contributed by atoms with Gasteiger partial charge < -0.3 is 5.11 Å². The van der Waals surface area contributed by atoms with E-state index in [2.05, 4.69) is 46.3 Å². The molecule has 0 bridgehead atoms. The molecule has 0 saturated heterocycles. The molecule has 21 heavy (non-hydrogen) atoms. The van der Waals surface area contributed by atoms with Gasteiger partial charge in [-0.3, -0.25) is 9.88 Å². The van der Waals surface area contributed by atoms with E-state index in [1.165, 1.54) is 4.88 Å². The van der Waals surface area contributed by atoms with Crippen molar-refractivity contribution in [2.45, 2.75) is 26.4 Å². The van der Waals surface area contributed by atoms with Crippen LogP contribution in [0.15, 0.2) is 29.6 Å². The first-order chi connectivity index (χ1) is 10.2. The summed E-state index contributed by atoms with van der Waals surface area (Å²) in [5, 5.41) is 10.8. The first-order valence-electron chi connectivity index (χ1n) is 6.95. The fourth-order valence-electron chi connectivity index (χ4n) is 2.04. The van der Waals surface area contributed by atoms with Gasteiger partial charge in [-0.1, -0.05) is 17.9 Å². The molecule has 0 aromatic carbocycles. The van der Waals surface area contributed by atoms with Gasteiger partial charge in [-0.15, -0.1) is 11.3 Å². The van der Waals surface area contributed by atoms with E-state index in [0.717, 1.165) is 30.0 Å². The van der Waals surface area contributed by atoms with Gasteiger partial charge in [0.25, 0.3) is 0 Å². The third kappa shape index (κ3) is 5.31. The number of aliphatic hydroxyl groups is 1. The maximum Gasteiger partial charge on any atom is 0.0547 e. The third-order valence-corrected chi connectivity index (χ3v) is 3.85. The Morgan fingerprint density at radius 1 is 1.33 bits per heavy atom.